The SMILES string of the molecule is C1CN[C@H]2CCC3(C[C@H]2C1)OCCO3. The van der Waals surface area contributed by atoms with Gasteiger partial charge in [0.2, 0.25) is 0 Å². The summed E-state index contributed by atoms with van der Waals surface area (Å²) in [5.74, 6) is 0.607. The van der Waals surface area contributed by atoms with Crippen LogP contribution in [0.2, 0.25) is 0 Å². The van der Waals surface area contributed by atoms with Crippen LogP contribution in [0.3, 0.4) is 0 Å². The Balaban J connectivity index is 1.70. The fraction of sp³-hybridized carbons (Fsp3) is 1.00. The molecule has 0 bridgehead atoms. The molecule has 3 nitrogen and oxygen atoms in total. The first-order valence-electron chi connectivity index (χ1n) is 5.89. The van der Waals surface area contributed by atoms with E-state index in [1.54, 1.807) is 0 Å². The number of fused-ring (bicyclic) bond motifs is 1. The number of rotatable bonds is 0. The first-order valence-corrected chi connectivity index (χ1v) is 5.89. The third-order valence-electron chi connectivity index (χ3n) is 3.95. The summed E-state index contributed by atoms with van der Waals surface area (Å²) < 4.78 is 11.6. The van der Waals surface area contributed by atoms with Crippen molar-refractivity contribution in [2.45, 2.75) is 43.9 Å². The highest BCUT2D eigenvalue weighted by Crippen LogP contribution is 2.41. The summed E-state index contributed by atoms with van der Waals surface area (Å²) in [6.45, 7) is 2.80. The lowest BCUT2D eigenvalue weighted by Gasteiger charge is -2.43. The van der Waals surface area contributed by atoms with Crippen LogP contribution < -0.4 is 5.32 Å². The minimum atomic E-state index is -0.180. The molecule has 3 heteroatoms. The Morgan fingerprint density at radius 3 is 2.86 bits per heavy atom. The number of piperidine rings is 1. The molecule has 0 unspecified atom stereocenters. The second-order valence-corrected chi connectivity index (χ2v) is 4.81. The zero-order valence-corrected chi connectivity index (χ0v) is 8.63. The minimum Gasteiger partial charge on any atom is -0.348 e. The van der Waals surface area contributed by atoms with Gasteiger partial charge < -0.3 is 14.8 Å². The zero-order chi connectivity index (χ0) is 9.43. The molecule has 3 fully saturated rings. The molecule has 1 saturated carbocycles. The molecule has 0 aromatic heterocycles. The number of nitrogens with one attached hydrogen (secondary N) is 1. The van der Waals surface area contributed by atoms with Crippen LogP contribution in [0.25, 0.3) is 0 Å². The molecule has 3 rings (SSSR count). The summed E-state index contributed by atoms with van der Waals surface area (Å²) >= 11 is 0. The van der Waals surface area contributed by atoms with Crippen molar-refractivity contribution in [3.63, 3.8) is 0 Å². The third kappa shape index (κ3) is 1.47. The van der Waals surface area contributed by atoms with Gasteiger partial charge in [0, 0.05) is 18.9 Å². The molecule has 3 aliphatic rings. The van der Waals surface area contributed by atoms with E-state index in [0.29, 0.717) is 0 Å². The van der Waals surface area contributed by atoms with Crippen LogP contribution in [0.5, 0.6) is 0 Å². The van der Waals surface area contributed by atoms with Crippen LogP contribution in [0.15, 0.2) is 0 Å². The highest BCUT2D eigenvalue weighted by Gasteiger charge is 2.45. The van der Waals surface area contributed by atoms with E-state index < -0.39 is 0 Å². The summed E-state index contributed by atoms with van der Waals surface area (Å²) in [5.41, 5.74) is 0. The van der Waals surface area contributed by atoms with E-state index in [0.717, 1.165) is 38.0 Å². The maximum absolute atomic E-state index is 5.78. The van der Waals surface area contributed by atoms with Crippen LogP contribution in [0.1, 0.15) is 32.1 Å². The Morgan fingerprint density at radius 2 is 2.00 bits per heavy atom. The maximum atomic E-state index is 5.78. The van der Waals surface area contributed by atoms with Crippen molar-refractivity contribution in [3.8, 4) is 0 Å². The van der Waals surface area contributed by atoms with Crippen molar-refractivity contribution in [3.05, 3.63) is 0 Å². The van der Waals surface area contributed by atoms with E-state index in [9.17, 15) is 0 Å². The number of hydrogen-bond acceptors (Lipinski definition) is 3. The zero-order valence-electron chi connectivity index (χ0n) is 8.63. The largest absolute Gasteiger partial charge is 0.348 e. The predicted molar refractivity (Wildman–Crippen MR) is 53.0 cm³/mol. The van der Waals surface area contributed by atoms with Crippen molar-refractivity contribution in [1.82, 2.24) is 5.32 Å². The van der Waals surface area contributed by atoms with Crippen molar-refractivity contribution >= 4 is 0 Å². The fourth-order valence-electron chi connectivity index (χ4n) is 3.24. The first kappa shape index (κ1) is 9.13. The Labute approximate surface area is 85.1 Å². The molecule has 2 aliphatic heterocycles. The van der Waals surface area contributed by atoms with E-state index in [1.165, 1.54) is 25.8 Å². The summed E-state index contributed by atoms with van der Waals surface area (Å²) in [5, 5.41) is 3.62. The second-order valence-electron chi connectivity index (χ2n) is 4.81. The molecule has 80 valence electrons. The van der Waals surface area contributed by atoms with Gasteiger partial charge in [-0.3, -0.25) is 0 Å². The fourth-order valence-corrected chi connectivity index (χ4v) is 3.24. The highest BCUT2D eigenvalue weighted by atomic mass is 16.7. The first-order chi connectivity index (χ1) is 6.88. The molecule has 14 heavy (non-hydrogen) atoms. The molecule has 1 aliphatic carbocycles. The molecule has 0 aromatic rings. The second kappa shape index (κ2) is 3.47. The van der Waals surface area contributed by atoms with Crippen LogP contribution in [0.4, 0.5) is 0 Å². The van der Waals surface area contributed by atoms with E-state index in [1.807, 2.05) is 0 Å². The molecule has 0 amide bonds. The van der Waals surface area contributed by atoms with Crippen molar-refractivity contribution < 1.29 is 9.47 Å². The normalized spacial score (nSPS) is 41.1. The molecule has 2 saturated heterocycles. The van der Waals surface area contributed by atoms with Crippen LogP contribution in [0, 0.1) is 5.92 Å². The minimum absolute atomic E-state index is 0.180. The van der Waals surface area contributed by atoms with Gasteiger partial charge in [-0.05, 0) is 31.7 Å². The van der Waals surface area contributed by atoms with E-state index in [4.69, 9.17) is 9.47 Å². The van der Waals surface area contributed by atoms with Crippen LogP contribution >= 0.6 is 0 Å². The number of ether oxygens (including phenoxy) is 2. The summed E-state index contributed by atoms with van der Waals surface area (Å²) in [6.07, 6.45) is 6.10. The Morgan fingerprint density at radius 1 is 1.14 bits per heavy atom. The average Bonchev–Trinajstić information content (AvgIpc) is 2.66. The predicted octanol–water partition coefficient (Wildman–Crippen LogP) is 1.28. The monoisotopic (exact) mass is 197 g/mol. The van der Waals surface area contributed by atoms with E-state index in [-0.39, 0.29) is 5.79 Å². The molecule has 0 radical (unpaired) electrons. The third-order valence-corrected chi connectivity index (χ3v) is 3.95. The van der Waals surface area contributed by atoms with Gasteiger partial charge in [-0.25, -0.2) is 0 Å². The summed E-state index contributed by atoms with van der Waals surface area (Å²) in [7, 11) is 0. The van der Waals surface area contributed by atoms with Gasteiger partial charge >= 0.3 is 0 Å². The Bertz CT molecular complexity index is 213. The van der Waals surface area contributed by atoms with Gasteiger partial charge in [0.1, 0.15) is 0 Å². The molecule has 1 N–H and O–H groups in total. The lowest BCUT2D eigenvalue weighted by Crippen LogP contribution is -2.50. The van der Waals surface area contributed by atoms with Gasteiger partial charge in [0.15, 0.2) is 5.79 Å². The standard InChI is InChI=1S/C11H19NO2/c1-2-9-8-11(13-6-7-14-11)4-3-10(9)12-5-1/h9-10,12H,1-8H2/t9-,10+/m1/s1. The van der Waals surface area contributed by atoms with Crippen molar-refractivity contribution in [2.24, 2.45) is 5.92 Å². The summed E-state index contributed by atoms with van der Waals surface area (Å²) in [6, 6.07) is 0.738. The van der Waals surface area contributed by atoms with E-state index in [2.05, 4.69) is 5.32 Å². The Kier molecular flexibility index (Phi) is 2.26. The van der Waals surface area contributed by atoms with Gasteiger partial charge in [-0.2, -0.15) is 0 Å². The maximum Gasteiger partial charge on any atom is 0.168 e. The van der Waals surface area contributed by atoms with Gasteiger partial charge in [-0.15, -0.1) is 0 Å². The topological polar surface area (TPSA) is 30.5 Å². The van der Waals surface area contributed by atoms with Crippen molar-refractivity contribution in [1.29, 1.82) is 0 Å². The average molecular weight is 197 g/mol. The van der Waals surface area contributed by atoms with Crippen molar-refractivity contribution in [2.75, 3.05) is 19.8 Å². The smallest absolute Gasteiger partial charge is 0.168 e. The number of hydrogen-bond donors (Lipinski definition) is 1. The quantitative estimate of drug-likeness (QED) is 0.634. The molecule has 0 aromatic carbocycles. The molecule has 2 heterocycles. The van der Waals surface area contributed by atoms with Gasteiger partial charge in [-0.1, -0.05) is 0 Å². The molecule has 1 spiro atoms. The molecule has 2 atom stereocenters. The van der Waals surface area contributed by atoms with E-state index >= 15 is 0 Å². The molecular weight excluding hydrogens is 178 g/mol. The van der Waals surface area contributed by atoms with Gasteiger partial charge in [0.05, 0.1) is 13.2 Å². The van der Waals surface area contributed by atoms with Crippen LogP contribution in [-0.4, -0.2) is 31.6 Å². The Hall–Kier alpha value is -0.120. The highest BCUT2D eigenvalue weighted by molar-refractivity contribution is 4.93. The summed E-state index contributed by atoms with van der Waals surface area (Å²) in [4.78, 5) is 0. The van der Waals surface area contributed by atoms with Gasteiger partial charge in [0.25, 0.3) is 0 Å². The lowest BCUT2D eigenvalue weighted by atomic mass is 9.76. The van der Waals surface area contributed by atoms with Crippen LogP contribution in [-0.2, 0) is 9.47 Å². The lowest BCUT2D eigenvalue weighted by molar-refractivity contribution is -0.192. The molecular formula is C11H19NO2.